The minimum atomic E-state index is 0. The molecule has 0 fully saturated rings. The third-order valence-electron chi connectivity index (χ3n) is 9.47. The van der Waals surface area contributed by atoms with Crippen LogP contribution in [0, 0.1) is 6.92 Å². The van der Waals surface area contributed by atoms with E-state index in [9.17, 15) is 0 Å². The Balaban J connectivity index is 0.000000706. The SMILES string of the molecule is C1=Cc2cc3c(-c4ccccc4)c(-c4ccccc4)c(c(-c4ccccc4)c4nc(cc5ccc(cc1n2)[nH]5)C=C4)n3-c1ccccc1.[CH2-]CCCC.[Ru+]. The Morgan fingerprint density at radius 2 is 1.02 bits per heavy atom. The van der Waals surface area contributed by atoms with E-state index in [2.05, 4.69) is 199 Å². The Kier molecular flexibility index (Phi) is 11.4. The molecule has 9 rings (SSSR count). The number of benzene rings is 4. The summed E-state index contributed by atoms with van der Waals surface area (Å²) in [6, 6.07) is 53.3. The van der Waals surface area contributed by atoms with Crippen LogP contribution in [-0.4, -0.2) is 19.5 Å². The van der Waals surface area contributed by atoms with Crippen LogP contribution in [0.1, 0.15) is 49.0 Å². The maximum Gasteiger partial charge on any atom is 1.00 e. The van der Waals surface area contributed by atoms with Crippen LogP contribution in [0.2, 0.25) is 0 Å². The number of aromatic nitrogens is 4. The van der Waals surface area contributed by atoms with E-state index in [4.69, 9.17) is 9.97 Å². The summed E-state index contributed by atoms with van der Waals surface area (Å²) in [7, 11) is 0. The Hall–Kier alpha value is -5.90. The number of nitrogens with one attached hydrogen (secondary N) is 1. The van der Waals surface area contributed by atoms with E-state index in [-0.39, 0.29) is 19.5 Å². The van der Waals surface area contributed by atoms with E-state index < -0.39 is 0 Å². The van der Waals surface area contributed by atoms with E-state index in [0.717, 1.165) is 90.3 Å². The molecular weight excluding hydrogens is 746 g/mol. The van der Waals surface area contributed by atoms with Gasteiger partial charge in [0.25, 0.3) is 0 Å². The van der Waals surface area contributed by atoms with Gasteiger partial charge in [-0.2, -0.15) is 6.42 Å². The van der Waals surface area contributed by atoms with Crippen molar-refractivity contribution < 1.29 is 19.5 Å². The Labute approximate surface area is 330 Å². The fourth-order valence-corrected chi connectivity index (χ4v) is 7.06. The van der Waals surface area contributed by atoms with Gasteiger partial charge in [-0.1, -0.05) is 129 Å². The molecule has 0 unspecified atom stereocenters. The molecule has 0 aliphatic carbocycles. The van der Waals surface area contributed by atoms with Crippen molar-refractivity contribution in [2.24, 2.45) is 0 Å². The molecule has 5 heteroatoms. The topological polar surface area (TPSA) is 46.5 Å². The van der Waals surface area contributed by atoms with Crippen LogP contribution in [0.3, 0.4) is 0 Å². The van der Waals surface area contributed by atoms with Gasteiger partial charge in [0.05, 0.1) is 33.8 Å². The smallest absolute Gasteiger partial charge is 0.355 e. The monoisotopic (exact) mass is 787 g/mol. The molecule has 4 aromatic carbocycles. The van der Waals surface area contributed by atoms with Crippen LogP contribution < -0.4 is 0 Å². The van der Waals surface area contributed by atoms with Crippen molar-refractivity contribution in [2.45, 2.75) is 26.2 Å². The standard InChI is InChI=1S/C44H30N4.C5H11.Ru/c1-5-13-30(14-6-1)41-39-26-25-36(47-39)28-35-22-21-33(45-35)27-34-23-24-37(46-34)29-40-42(31-15-7-2-8-16-31)43(32-17-9-3-10-18-32)44(41)48(40)38-19-11-4-12-20-38;1-3-5-4-2;/h1-29,45H;1,3-5H2,2H3;/q;-1;+1. The van der Waals surface area contributed by atoms with Gasteiger partial charge in [0, 0.05) is 33.4 Å². The van der Waals surface area contributed by atoms with Crippen molar-refractivity contribution in [3.05, 3.63) is 181 Å². The number of H-pyrrole nitrogens is 1. The van der Waals surface area contributed by atoms with Crippen LogP contribution >= 0.6 is 0 Å². The zero-order valence-corrected chi connectivity index (χ0v) is 32.0. The average Bonchev–Trinajstić information content (AvgIpc) is 4.02. The van der Waals surface area contributed by atoms with Gasteiger partial charge in [-0.3, -0.25) is 0 Å². The summed E-state index contributed by atoms with van der Waals surface area (Å²) in [4.78, 5) is 13.9. The summed E-state index contributed by atoms with van der Waals surface area (Å²) < 4.78 is 2.41. The number of rotatable bonds is 6. The number of nitrogens with zero attached hydrogens (tertiary/aromatic N) is 3. The van der Waals surface area contributed by atoms with E-state index in [1.54, 1.807) is 0 Å². The Bertz CT molecular complexity index is 2580. The van der Waals surface area contributed by atoms with E-state index in [1.165, 1.54) is 12.8 Å². The molecule has 4 nitrogen and oxygen atoms in total. The molecule has 0 amide bonds. The zero-order valence-electron chi connectivity index (χ0n) is 30.3. The molecule has 265 valence electrons. The van der Waals surface area contributed by atoms with Gasteiger partial charge in [-0.25, -0.2) is 9.97 Å². The molecule has 0 saturated carbocycles. The van der Waals surface area contributed by atoms with Crippen molar-refractivity contribution in [1.82, 2.24) is 19.5 Å². The Morgan fingerprint density at radius 3 is 1.56 bits per heavy atom. The van der Waals surface area contributed by atoms with E-state index >= 15 is 0 Å². The molecule has 3 aromatic heterocycles. The van der Waals surface area contributed by atoms with Gasteiger partial charge >= 0.3 is 19.5 Å². The zero-order chi connectivity index (χ0) is 36.0. The Morgan fingerprint density at radius 1 is 0.537 bits per heavy atom. The number of unbranched alkanes of at least 4 members (excludes halogenated alkanes) is 2. The summed E-state index contributed by atoms with van der Waals surface area (Å²) in [5.74, 6) is 0. The maximum atomic E-state index is 5.29. The number of aromatic amines is 1. The fourth-order valence-electron chi connectivity index (χ4n) is 7.06. The van der Waals surface area contributed by atoms with Crippen molar-refractivity contribution in [3.63, 3.8) is 0 Å². The second-order valence-corrected chi connectivity index (χ2v) is 13.2. The number of hydrogen-bond acceptors (Lipinski definition) is 2. The third kappa shape index (κ3) is 7.60. The second kappa shape index (κ2) is 16.8. The molecule has 0 spiro atoms. The minimum Gasteiger partial charge on any atom is -0.355 e. The minimum absolute atomic E-state index is 0. The first-order valence-electron chi connectivity index (χ1n) is 18.4. The first kappa shape index (κ1) is 36.5. The number of para-hydroxylation sites is 1. The molecule has 2 aliphatic rings. The van der Waals surface area contributed by atoms with Crippen LogP contribution in [-0.2, 0) is 19.5 Å². The van der Waals surface area contributed by atoms with Gasteiger partial charge in [0.1, 0.15) is 0 Å². The predicted molar refractivity (Wildman–Crippen MR) is 225 cm³/mol. The van der Waals surface area contributed by atoms with Crippen LogP contribution in [0.25, 0.3) is 85.4 Å². The van der Waals surface area contributed by atoms with Crippen molar-refractivity contribution in [3.8, 4) is 39.1 Å². The molecule has 5 heterocycles. The first-order valence-corrected chi connectivity index (χ1v) is 18.4. The first-order chi connectivity index (χ1) is 26.2. The normalized spacial score (nSPS) is 11.4. The largest absolute Gasteiger partial charge is 1.00 e. The average molecular weight is 787 g/mol. The molecule has 2 aliphatic heterocycles. The second-order valence-electron chi connectivity index (χ2n) is 13.2. The fraction of sp³-hybridized carbons (Fsp3) is 0.0816. The maximum absolute atomic E-state index is 5.29. The summed E-state index contributed by atoms with van der Waals surface area (Å²) >= 11 is 0. The summed E-state index contributed by atoms with van der Waals surface area (Å²) in [5.41, 5.74) is 15.4. The molecule has 1 N–H and O–H groups in total. The van der Waals surface area contributed by atoms with Crippen molar-refractivity contribution in [1.29, 1.82) is 0 Å². The van der Waals surface area contributed by atoms with Gasteiger partial charge in [0.15, 0.2) is 0 Å². The van der Waals surface area contributed by atoms with E-state index in [1.807, 2.05) is 0 Å². The number of fused-ring (bicyclic) bond motifs is 8. The predicted octanol–water partition coefficient (Wildman–Crippen LogP) is 13.1. The third-order valence-corrected chi connectivity index (χ3v) is 9.47. The van der Waals surface area contributed by atoms with Gasteiger partial charge in [0.2, 0.25) is 0 Å². The van der Waals surface area contributed by atoms with Gasteiger partial charge < -0.3 is 16.5 Å². The molecule has 7 aromatic rings. The molecule has 1 radical (unpaired) electrons. The molecular formula is C49H41N4Ru. The molecule has 0 saturated heterocycles. The number of hydrogen-bond donors (Lipinski definition) is 1. The van der Waals surface area contributed by atoms with Crippen LogP contribution in [0.4, 0.5) is 0 Å². The summed E-state index contributed by atoms with van der Waals surface area (Å²) in [6.07, 6.45) is 12.1. The van der Waals surface area contributed by atoms with Crippen LogP contribution in [0.15, 0.2) is 152 Å². The van der Waals surface area contributed by atoms with Gasteiger partial charge in [-0.05, 0) is 83.5 Å². The van der Waals surface area contributed by atoms with Crippen LogP contribution in [0.5, 0.6) is 0 Å². The van der Waals surface area contributed by atoms with Crippen molar-refractivity contribution >= 4 is 46.4 Å². The molecule has 0 atom stereocenters. The van der Waals surface area contributed by atoms with Crippen molar-refractivity contribution in [2.75, 3.05) is 0 Å². The summed E-state index contributed by atoms with van der Waals surface area (Å²) in [5, 5.41) is 0. The van der Waals surface area contributed by atoms with E-state index in [0.29, 0.717) is 0 Å². The molecule has 54 heavy (non-hydrogen) atoms. The quantitative estimate of drug-likeness (QED) is 0.135. The summed E-state index contributed by atoms with van der Waals surface area (Å²) in [6.45, 7) is 5.85. The van der Waals surface area contributed by atoms with Gasteiger partial charge in [-0.15, -0.1) is 0 Å². The molecule has 8 bridgehead atoms.